The summed E-state index contributed by atoms with van der Waals surface area (Å²) in [6, 6.07) is 0.479. The summed E-state index contributed by atoms with van der Waals surface area (Å²) in [5.41, 5.74) is 0. The van der Waals surface area contributed by atoms with Gasteiger partial charge in [-0.1, -0.05) is 26.2 Å². The van der Waals surface area contributed by atoms with Gasteiger partial charge in [-0.3, -0.25) is 4.79 Å². The van der Waals surface area contributed by atoms with Crippen LogP contribution in [0.5, 0.6) is 0 Å². The molecule has 3 nitrogen and oxygen atoms in total. The molecule has 1 unspecified atom stereocenters. The highest BCUT2D eigenvalue weighted by molar-refractivity contribution is 5.77. The van der Waals surface area contributed by atoms with Crippen LogP contribution in [0.4, 0.5) is 0 Å². The minimum Gasteiger partial charge on any atom is -0.355 e. The molecule has 1 amide bonds. The van der Waals surface area contributed by atoms with Gasteiger partial charge in [0.05, 0.1) is 6.54 Å². The van der Waals surface area contributed by atoms with E-state index in [9.17, 15) is 4.79 Å². The molecule has 1 rings (SSSR count). The van der Waals surface area contributed by atoms with Crippen LogP contribution in [0.1, 0.15) is 52.4 Å². The molecule has 0 aliphatic heterocycles. The molecule has 0 aromatic carbocycles. The average molecular weight is 226 g/mol. The lowest BCUT2D eigenvalue weighted by Crippen LogP contribution is -2.41. The van der Waals surface area contributed by atoms with Crippen molar-refractivity contribution in [1.29, 1.82) is 0 Å². The Hall–Kier alpha value is -0.570. The van der Waals surface area contributed by atoms with Crippen molar-refractivity contribution in [1.82, 2.24) is 10.6 Å². The second-order valence-corrected chi connectivity index (χ2v) is 4.92. The third kappa shape index (κ3) is 4.97. The molecule has 2 N–H and O–H groups in total. The van der Waals surface area contributed by atoms with Crippen molar-refractivity contribution < 1.29 is 4.79 Å². The summed E-state index contributed by atoms with van der Waals surface area (Å²) in [7, 11) is 0. The molecule has 0 aromatic heterocycles. The largest absolute Gasteiger partial charge is 0.355 e. The first-order valence-corrected chi connectivity index (χ1v) is 6.74. The molecule has 0 heterocycles. The molecule has 0 saturated heterocycles. The van der Waals surface area contributed by atoms with Gasteiger partial charge < -0.3 is 10.6 Å². The standard InChI is InChI=1S/C13H26N2O/c1-3-9-14-13(16)10-15-11(2)12-7-5-4-6-8-12/h11-12,15H,3-10H2,1-2H3,(H,14,16). The second kappa shape index (κ2) is 7.66. The van der Waals surface area contributed by atoms with Crippen LogP contribution in [0.25, 0.3) is 0 Å². The Kier molecular flexibility index (Phi) is 6.46. The van der Waals surface area contributed by atoms with Gasteiger partial charge >= 0.3 is 0 Å². The van der Waals surface area contributed by atoms with E-state index in [0.717, 1.165) is 18.9 Å². The van der Waals surface area contributed by atoms with Gasteiger partial charge in [0.25, 0.3) is 0 Å². The fraction of sp³-hybridized carbons (Fsp3) is 0.923. The fourth-order valence-electron chi connectivity index (χ4n) is 2.38. The molecule has 0 bridgehead atoms. The minimum atomic E-state index is 0.129. The Bertz CT molecular complexity index is 200. The predicted molar refractivity (Wildman–Crippen MR) is 67.3 cm³/mol. The highest BCUT2D eigenvalue weighted by atomic mass is 16.1. The topological polar surface area (TPSA) is 41.1 Å². The lowest BCUT2D eigenvalue weighted by molar-refractivity contribution is -0.120. The zero-order valence-electron chi connectivity index (χ0n) is 10.7. The Morgan fingerprint density at radius 1 is 1.31 bits per heavy atom. The van der Waals surface area contributed by atoms with Gasteiger partial charge in [0.1, 0.15) is 0 Å². The van der Waals surface area contributed by atoms with Gasteiger partial charge in [0.2, 0.25) is 5.91 Å². The molecular weight excluding hydrogens is 200 g/mol. The van der Waals surface area contributed by atoms with E-state index in [-0.39, 0.29) is 5.91 Å². The van der Waals surface area contributed by atoms with Gasteiger partial charge in [-0.25, -0.2) is 0 Å². The van der Waals surface area contributed by atoms with Gasteiger partial charge in [-0.2, -0.15) is 0 Å². The normalized spacial score (nSPS) is 19.4. The summed E-state index contributed by atoms with van der Waals surface area (Å²) < 4.78 is 0. The number of carbonyl (C=O) groups is 1. The summed E-state index contributed by atoms with van der Waals surface area (Å²) in [6.45, 7) is 5.54. The van der Waals surface area contributed by atoms with Gasteiger partial charge in [-0.15, -0.1) is 0 Å². The lowest BCUT2D eigenvalue weighted by atomic mass is 9.84. The molecule has 1 aliphatic carbocycles. The first kappa shape index (κ1) is 13.5. The monoisotopic (exact) mass is 226 g/mol. The number of nitrogens with one attached hydrogen (secondary N) is 2. The van der Waals surface area contributed by atoms with Crippen molar-refractivity contribution in [2.75, 3.05) is 13.1 Å². The third-order valence-corrected chi connectivity index (χ3v) is 3.51. The smallest absolute Gasteiger partial charge is 0.233 e. The molecule has 1 atom stereocenters. The summed E-state index contributed by atoms with van der Waals surface area (Å²) in [5.74, 6) is 0.900. The molecule has 1 aliphatic rings. The maximum absolute atomic E-state index is 11.4. The van der Waals surface area contributed by atoms with Crippen LogP contribution in [0.2, 0.25) is 0 Å². The van der Waals surface area contributed by atoms with Crippen LogP contribution in [0.15, 0.2) is 0 Å². The molecule has 0 aromatic rings. The molecule has 1 saturated carbocycles. The van der Waals surface area contributed by atoms with E-state index in [2.05, 4.69) is 24.5 Å². The van der Waals surface area contributed by atoms with Crippen molar-refractivity contribution in [3.8, 4) is 0 Å². The van der Waals surface area contributed by atoms with E-state index in [0.29, 0.717) is 12.6 Å². The summed E-state index contributed by atoms with van der Waals surface area (Å²) in [5, 5.41) is 6.24. The zero-order chi connectivity index (χ0) is 11.8. The maximum Gasteiger partial charge on any atom is 0.233 e. The average Bonchev–Trinajstić information content (AvgIpc) is 2.34. The van der Waals surface area contributed by atoms with E-state index < -0.39 is 0 Å². The van der Waals surface area contributed by atoms with Gasteiger partial charge in [-0.05, 0) is 32.1 Å². The molecule has 16 heavy (non-hydrogen) atoms. The quantitative estimate of drug-likeness (QED) is 0.728. The van der Waals surface area contributed by atoms with Crippen LogP contribution in [-0.4, -0.2) is 25.0 Å². The second-order valence-electron chi connectivity index (χ2n) is 4.92. The number of carbonyl (C=O) groups excluding carboxylic acids is 1. The number of hydrogen-bond acceptors (Lipinski definition) is 2. The SMILES string of the molecule is CCCNC(=O)CNC(C)C1CCCCC1. The number of amides is 1. The van der Waals surface area contributed by atoms with E-state index in [4.69, 9.17) is 0 Å². The Balaban J connectivity index is 2.13. The fourth-order valence-corrected chi connectivity index (χ4v) is 2.38. The van der Waals surface area contributed by atoms with Crippen LogP contribution in [0.3, 0.4) is 0 Å². The van der Waals surface area contributed by atoms with Crippen LogP contribution in [0, 0.1) is 5.92 Å². The molecule has 0 spiro atoms. The molecule has 0 radical (unpaired) electrons. The Morgan fingerprint density at radius 2 is 2.00 bits per heavy atom. The first-order chi connectivity index (χ1) is 7.74. The summed E-state index contributed by atoms with van der Waals surface area (Å²) >= 11 is 0. The van der Waals surface area contributed by atoms with Crippen molar-refractivity contribution in [3.05, 3.63) is 0 Å². The molecule has 1 fully saturated rings. The number of hydrogen-bond donors (Lipinski definition) is 2. The van der Waals surface area contributed by atoms with E-state index >= 15 is 0 Å². The van der Waals surface area contributed by atoms with Crippen molar-refractivity contribution in [2.24, 2.45) is 5.92 Å². The van der Waals surface area contributed by atoms with E-state index in [1.807, 2.05) is 0 Å². The number of rotatable bonds is 6. The van der Waals surface area contributed by atoms with E-state index in [1.54, 1.807) is 0 Å². The minimum absolute atomic E-state index is 0.129. The summed E-state index contributed by atoms with van der Waals surface area (Å²) in [4.78, 5) is 11.4. The molecule has 3 heteroatoms. The zero-order valence-corrected chi connectivity index (χ0v) is 10.7. The maximum atomic E-state index is 11.4. The third-order valence-electron chi connectivity index (χ3n) is 3.51. The molecule has 94 valence electrons. The summed E-state index contributed by atoms with van der Waals surface area (Å²) in [6.07, 6.45) is 7.76. The molecular formula is C13H26N2O. The van der Waals surface area contributed by atoms with Crippen molar-refractivity contribution in [3.63, 3.8) is 0 Å². The highest BCUT2D eigenvalue weighted by Crippen LogP contribution is 2.26. The predicted octanol–water partition coefficient (Wildman–Crippen LogP) is 2.07. The first-order valence-electron chi connectivity index (χ1n) is 6.74. The van der Waals surface area contributed by atoms with Crippen molar-refractivity contribution >= 4 is 5.91 Å². The van der Waals surface area contributed by atoms with Gasteiger partial charge in [0, 0.05) is 12.6 Å². The van der Waals surface area contributed by atoms with Crippen LogP contribution in [-0.2, 0) is 4.79 Å². The van der Waals surface area contributed by atoms with Crippen LogP contribution >= 0.6 is 0 Å². The Morgan fingerprint density at radius 3 is 2.62 bits per heavy atom. The van der Waals surface area contributed by atoms with E-state index in [1.165, 1.54) is 32.1 Å². The highest BCUT2D eigenvalue weighted by Gasteiger charge is 2.19. The van der Waals surface area contributed by atoms with Crippen LogP contribution < -0.4 is 10.6 Å². The lowest BCUT2D eigenvalue weighted by Gasteiger charge is -2.28. The Labute approximate surface area is 99.4 Å². The van der Waals surface area contributed by atoms with Gasteiger partial charge in [0.15, 0.2) is 0 Å². The van der Waals surface area contributed by atoms with Crippen molar-refractivity contribution in [2.45, 2.75) is 58.4 Å².